The molecule has 0 amide bonds. The van der Waals surface area contributed by atoms with Gasteiger partial charge < -0.3 is 5.11 Å². The Bertz CT molecular complexity index is 583. The number of aliphatic hydroxyl groups is 1. The normalized spacial score (nSPS) is 15.3. The summed E-state index contributed by atoms with van der Waals surface area (Å²) in [6, 6.07) is 12.2. The van der Waals surface area contributed by atoms with Crippen LogP contribution in [0.4, 0.5) is 0 Å². The third kappa shape index (κ3) is 1.54. The van der Waals surface area contributed by atoms with Crippen LogP contribution in [0.2, 0.25) is 0 Å². The Balaban J connectivity index is 2.37. The van der Waals surface area contributed by atoms with E-state index in [1.807, 2.05) is 38.1 Å². The van der Waals surface area contributed by atoms with E-state index in [0.29, 0.717) is 0 Å². The lowest BCUT2D eigenvalue weighted by Crippen LogP contribution is -2.24. The first-order valence-corrected chi connectivity index (χ1v) is 6.69. The first-order chi connectivity index (χ1) is 8.56. The molecule has 18 heavy (non-hydrogen) atoms. The molecule has 0 unspecified atom stereocenters. The molecular formula is C15H13IO2. The molecular weight excluding hydrogens is 339 g/mol. The fourth-order valence-electron chi connectivity index (χ4n) is 2.57. The Kier molecular flexibility index (Phi) is 2.73. The van der Waals surface area contributed by atoms with E-state index in [4.69, 9.17) is 3.07 Å². The summed E-state index contributed by atoms with van der Waals surface area (Å²) in [6.45, 7) is 4.03. The fraction of sp³-hybridized carbons (Fsp3) is 0.200. The molecule has 0 bridgehead atoms. The second-order valence-corrected chi connectivity index (χ2v) is 5.26. The van der Waals surface area contributed by atoms with Gasteiger partial charge in [-0.25, -0.2) is 0 Å². The van der Waals surface area contributed by atoms with Crippen molar-refractivity contribution >= 4 is 23.0 Å². The highest BCUT2D eigenvalue weighted by Gasteiger charge is 2.42. The molecule has 0 aromatic heterocycles. The fourth-order valence-corrected chi connectivity index (χ4v) is 3.05. The molecule has 2 aromatic rings. The Labute approximate surface area is 120 Å². The number of rotatable bonds is 1. The molecule has 2 aromatic carbocycles. The summed E-state index contributed by atoms with van der Waals surface area (Å²) >= 11 is 1.77. The number of hydrogen-bond acceptors (Lipinski definition) is 2. The molecule has 1 N–H and O–H groups in total. The van der Waals surface area contributed by atoms with Crippen LogP contribution in [0.5, 0.6) is 0 Å². The van der Waals surface area contributed by atoms with Gasteiger partial charge in [-0.1, -0.05) is 35.4 Å². The molecule has 0 fully saturated rings. The summed E-state index contributed by atoms with van der Waals surface area (Å²) in [6.07, 6.45) is 0. The zero-order valence-corrected chi connectivity index (χ0v) is 12.4. The van der Waals surface area contributed by atoms with Gasteiger partial charge >= 0.3 is 0 Å². The first-order valence-electron chi connectivity index (χ1n) is 5.81. The van der Waals surface area contributed by atoms with Crippen LogP contribution >= 0.6 is 23.0 Å². The predicted molar refractivity (Wildman–Crippen MR) is 79.5 cm³/mol. The van der Waals surface area contributed by atoms with Crippen molar-refractivity contribution in [2.45, 2.75) is 19.6 Å². The summed E-state index contributed by atoms with van der Waals surface area (Å²) in [4.78, 5) is 0. The van der Waals surface area contributed by atoms with Crippen LogP contribution in [0, 0.1) is 13.8 Å². The topological polar surface area (TPSA) is 29.5 Å². The maximum atomic E-state index is 10.8. The van der Waals surface area contributed by atoms with Gasteiger partial charge in [0.1, 0.15) is 23.0 Å². The van der Waals surface area contributed by atoms with Crippen molar-refractivity contribution < 1.29 is 8.17 Å². The minimum Gasteiger partial charge on any atom is -0.358 e. The van der Waals surface area contributed by atoms with Gasteiger partial charge in [-0.05, 0) is 37.1 Å². The SMILES string of the molecule is Cc1ccc2c(c1)C(O)(OI)c1cc(C)ccc1-2. The number of halogens is 1. The summed E-state index contributed by atoms with van der Waals surface area (Å²) in [5, 5.41) is 10.8. The van der Waals surface area contributed by atoms with Crippen molar-refractivity contribution in [3.05, 3.63) is 58.7 Å². The van der Waals surface area contributed by atoms with Gasteiger partial charge in [-0.3, -0.25) is 3.07 Å². The third-order valence-corrected chi connectivity index (χ3v) is 4.12. The van der Waals surface area contributed by atoms with Crippen molar-refractivity contribution in [3.8, 4) is 11.1 Å². The van der Waals surface area contributed by atoms with Gasteiger partial charge in [0.2, 0.25) is 5.79 Å². The molecule has 92 valence electrons. The van der Waals surface area contributed by atoms with Gasteiger partial charge in [-0.2, -0.15) is 0 Å². The number of aryl methyl sites for hydroxylation is 2. The molecule has 3 rings (SSSR count). The van der Waals surface area contributed by atoms with Crippen molar-refractivity contribution in [3.63, 3.8) is 0 Å². The van der Waals surface area contributed by atoms with Crippen LogP contribution < -0.4 is 0 Å². The Morgan fingerprint density at radius 1 is 0.944 bits per heavy atom. The van der Waals surface area contributed by atoms with Crippen LogP contribution in [-0.2, 0) is 8.85 Å². The lowest BCUT2D eigenvalue weighted by atomic mass is 10.0. The maximum Gasteiger partial charge on any atom is 0.231 e. The van der Waals surface area contributed by atoms with Gasteiger partial charge in [0.05, 0.1) is 0 Å². The molecule has 0 atom stereocenters. The molecule has 0 saturated heterocycles. The van der Waals surface area contributed by atoms with E-state index in [0.717, 1.165) is 33.4 Å². The van der Waals surface area contributed by atoms with Gasteiger partial charge in [0.25, 0.3) is 0 Å². The highest BCUT2D eigenvalue weighted by atomic mass is 127. The van der Waals surface area contributed by atoms with Crippen LogP contribution in [0.1, 0.15) is 22.3 Å². The number of hydrogen-bond donors (Lipinski definition) is 1. The maximum absolute atomic E-state index is 10.8. The summed E-state index contributed by atoms with van der Waals surface area (Å²) in [7, 11) is 0. The Hall–Kier alpha value is -0.910. The van der Waals surface area contributed by atoms with E-state index in [9.17, 15) is 5.11 Å². The second-order valence-electron chi connectivity index (χ2n) is 4.82. The quantitative estimate of drug-likeness (QED) is 0.624. The largest absolute Gasteiger partial charge is 0.358 e. The molecule has 0 radical (unpaired) electrons. The Morgan fingerprint density at radius 3 is 1.78 bits per heavy atom. The van der Waals surface area contributed by atoms with Crippen molar-refractivity contribution in [1.29, 1.82) is 0 Å². The van der Waals surface area contributed by atoms with Crippen molar-refractivity contribution in [2.24, 2.45) is 0 Å². The summed E-state index contributed by atoms with van der Waals surface area (Å²) in [5.41, 5.74) is 6.00. The van der Waals surface area contributed by atoms with E-state index in [2.05, 4.69) is 12.1 Å². The predicted octanol–water partition coefficient (Wildman–Crippen LogP) is 3.84. The van der Waals surface area contributed by atoms with E-state index in [-0.39, 0.29) is 0 Å². The lowest BCUT2D eigenvalue weighted by molar-refractivity contribution is -0.0732. The molecule has 1 aliphatic carbocycles. The number of benzene rings is 2. The van der Waals surface area contributed by atoms with Crippen LogP contribution in [0.15, 0.2) is 36.4 Å². The molecule has 0 spiro atoms. The van der Waals surface area contributed by atoms with Crippen LogP contribution in [0.25, 0.3) is 11.1 Å². The second kappa shape index (κ2) is 4.05. The standard InChI is InChI=1S/C15H13IO2/c1-9-3-5-11-12-6-4-10(2)8-14(12)15(17,18-16)13(11)7-9/h3-8,17H,1-2H3. The average molecular weight is 352 g/mol. The van der Waals surface area contributed by atoms with E-state index >= 15 is 0 Å². The molecule has 0 saturated carbocycles. The van der Waals surface area contributed by atoms with Gasteiger partial charge in [-0.15, -0.1) is 0 Å². The molecule has 2 nitrogen and oxygen atoms in total. The van der Waals surface area contributed by atoms with Gasteiger partial charge in [0.15, 0.2) is 0 Å². The summed E-state index contributed by atoms with van der Waals surface area (Å²) < 4.78 is 5.39. The minimum absolute atomic E-state index is 0.831. The van der Waals surface area contributed by atoms with Crippen LogP contribution in [0.3, 0.4) is 0 Å². The van der Waals surface area contributed by atoms with Crippen molar-refractivity contribution in [1.82, 2.24) is 0 Å². The highest BCUT2D eigenvalue weighted by Crippen LogP contribution is 2.49. The highest BCUT2D eigenvalue weighted by molar-refractivity contribution is 14.1. The van der Waals surface area contributed by atoms with Gasteiger partial charge in [0, 0.05) is 11.1 Å². The summed E-state index contributed by atoms with van der Waals surface area (Å²) in [5.74, 6) is -1.33. The smallest absolute Gasteiger partial charge is 0.231 e. The zero-order valence-electron chi connectivity index (χ0n) is 10.2. The average Bonchev–Trinajstić information content (AvgIpc) is 2.60. The molecule has 0 aliphatic heterocycles. The van der Waals surface area contributed by atoms with E-state index < -0.39 is 5.79 Å². The Morgan fingerprint density at radius 2 is 1.39 bits per heavy atom. The first kappa shape index (κ1) is 12.1. The van der Waals surface area contributed by atoms with Crippen LogP contribution in [-0.4, -0.2) is 5.11 Å². The number of fused-ring (bicyclic) bond motifs is 3. The van der Waals surface area contributed by atoms with E-state index in [1.54, 1.807) is 23.0 Å². The minimum atomic E-state index is -1.33. The van der Waals surface area contributed by atoms with Crippen molar-refractivity contribution in [2.75, 3.05) is 0 Å². The third-order valence-electron chi connectivity index (χ3n) is 3.48. The lowest BCUT2D eigenvalue weighted by Gasteiger charge is -2.22. The van der Waals surface area contributed by atoms with E-state index in [1.165, 1.54) is 0 Å². The molecule has 1 aliphatic rings. The zero-order chi connectivity index (χ0) is 12.9. The monoisotopic (exact) mass is 352 g/mol. The molecule has 0 heterocycles. The molecule has 3 heteroatoms.